The van der Waals surface area contributed by atoms with Gasteiger partial charge in [0.25, 0.3) is 18.2 Å². The first-order valence-electron chi connectivity index (χ1n) is 14.8. The third-order valence-corrected chi connectivity index (χ3v) is 7.92. The first kappa shape index (κ1) is 29.0. The number of ether oxygens (including phenoxy) is 3. The first-order chi connectivity index (χ1) is 22.0. The summed E-state index contributed by atoms with van der Waals surface area (Å²) in [5.74, 6) is -0.176. The predicted molar refractivity (Wildman–Crippen MR) is 157 cm³/mol. The highest BCUT2D eigenvalue weighted by Gasteiger charge is 2.34. The third-order valence-electron chi connectivity index (χ3n) is 7.92. The van der Waals surface area contributed by atoms with Gasteiger partial charge < -0.3 is 24.0 Å². The molecule has 2 fully saturated rings. The van der Waals surface area contributed by atoms with Gasteiger partial charge in [0, 0.05) is 32.7 Å². The lowest BCUT2D eigenvalue weighted by molar-refractivity contribution is 0.0646. The molecule has 2 amide bonds. The summed E-state index contributed by atoms with van der Waals surface area (Å²) in [7, 11) is 0. The fourth-order valence-corrected chi connectivity index (χ4v) is 5.66. The van der Waals surface area contributed by atoms with Crippen LogP contribution in [0.3, 0.4) is 0 Å². The number of imidazole rings is 1. The van der Waals surface area contributed by atoms with Crippen LogP contribution in [0.5, 0.6) is 5.75 Å². The molecule has 0 radical (unpaired) electrons. The zero-order chi connectivity index (χ0) is 30.9. The number of benzene rings is 2. The van der Waals surface area contributed by atoms with Crippen molar-refractivity contribution in [2.45, 2.75) is 12.8 Å². The van der Waals surface area contributed by atoms with E-state index in [-0.39, 0.29) is 42.2 Å². The van der Waals surface area contributed by atoms with Crippen molar-refractivity contribution in [3.63, 3.8) is 0 Å². The number of morpholine rings is 2. The number of hydrogen-bond acceptors (Lipinski definition) is 11. The molecule has 2 aromatic carbocycles. The van der Waals surface area contributed by atoms with Crippen molar-refractivity contribution in [2.24, 2.45) is 0 Å². The maximum atomic E-state index is 14.5. The summed E-state index contributed by atoms with van der Waals surface area (Å²) in [6, 6.07) is 11.7. The zero-order valence-electron chi connectivity index (χ0n) is 24.3. The van der Waals surface area contributed by atoms with Gasteiger partial charge in [0.05, 0.1) is 49.7 Å². The van der Waals surface area contributed by atoms with Crippen molar-refractivity contribution in [1.82, 2.24) is 29.4 Å². The number of anilines is 2. The molecule has 13 nitrogen and oxygen atoms in total. The lowest BCUT2D eigenvalue weighted by atomic mass is 10.1. The van der Waals surface area contributed by atoms with Crippen LogP contribution in [0, 0.1) is 0 Å². The molecule has 45 heavy (non-hydrogen) atoms. The van der Waals surface area contributed by atoms with E-state index in [1.807, 2.05) is 9.80 Å². The molecule has 2 saturated heterocycles. The second kappa shape index (κ2) is 12.3. The minimum atomic E-state index is -2.94. The molecule has 234 valence electrons. The number of carbonyl (C=O) groups excluding carboxylic acids is 2. The zero-order valence-corrected chi connectivity index (χ0v) is 24.3. The average Bonchev–Trinajstić information content (AvgIpc) is 3.60. The fraction of sp³-hybridized carbons (Fsp3) is 0.400. The monoisotopic (exact) mass is 620 g/mol. The minimum Gasteiger partial charge on any atom is -0.491 e. The van der Waals surface area contributed by atoms with Gasteiger partial charge in [-0.3, -0.25) is 19.1 Å². The second-order valence-electron chi connectivity index (χ2n) is 10.7. The summed E-state index contributed by atoms with van der Waals surface area (Å²) in [5.41, 5.74) is 1.32. The summed E-state index contributed by atoms with van der Waals surface area (Å²) in [6.07, 6.45) is -2.60. The quantitative estimate of drug-likeness (QED) is 0.202. The van der Waals surface area contributed by atoms with Crippen molar-refractivity contribution in [3.8, 4) is 11.7 Å². The molecule has 0 aliphatic carbocycles. The Hall–Kier alpha value is -4.76. The molecule has 2 aromatic heterocycles. The number of rotatable bonds is 9. The normalized spacial score (nSPS) is 17.1. The smallest absolute Gasteiger partial charge is 0.296 e. The fourth-order valence-electron chi connectivity index (χ4n) is 5.66. The maximum Gasteiger partial charge on any atom is 0.296 e. The topological polar surface area (TPSA) is 128 Å². The van der Waals surface area contributed by atoms with Gasteiger partial charge in [0.15, 0.2) is 5.82 Å². The number of carbonyl (C=O) groups is 2. The number of para-hydroxylation sites is 1. The Labute approximate surface area is 256 Å². The van der Waals surface area contributed by atoms with Crippen molar-refractivity contribution in [2.75, 3.05) is 75.6 Å². The van der Waals surface area contributed by atoms with Crippen molar-refractivity contribution in [1.29, 1.82) is 0 Å². The average molecular weight is 621 g/mol. The SMILES string of the molecule is O=C1c2ccccc2C(=O)N1CCCOc1cccc2c1nc(C(F)F)n2-c1nc(N2CCOCC2)nc(N2CCOCC2)n1. The van der Waals surface area contributed by atoms with Crippen molar-refractivity contribution >= 4 is 34.7 Å². The van der Waals surface area contributed by atoms with Crippen LogP contribution in [0.15, 0.2) is 42.5 Å². The van der Waals surface area contributed by atoms with E-state index in [0.29, 0.717) is 87.6 Å². The van der Waals surface area contributed by atoms with E-state index in [1.54, 1.807) is 42.5 Å². The van der Waals surface area contributed by atoms with E-state index >= 15 is 0 Å². The summed E-state index contributed by atoms with van der Waals surface area (Å²) < 4.78 is 47.3. The molecule has 4 aromatic rings. The van der Waals surface area contributed by atoms with Crippen LogP contribution in [0.2, 0.25) is 0 Å². The molecule has 7 rings (SSSR count). The van der Waals surface area contributed by atoms with Crippen molar-refractivity contribution in [3.05, 3.63) is 59.4 Å². The van der Waals surface area contributed by atoms with E-state index in [1.165, 1.54) is 9.47 Å². The summed E-state index contributed by atoms with van der Waals surface area (Å²) >= 11 is 0. The molecule has 0 saturated carbocycles. The number of fused-ring (bicyclic) bond motifs is 2. The third kappa shape index (κ3) is 5.53. The first-order valence-corrected chi connectivity index (χ1v) is 14.8. The predicted octanol–water partition coefficient (Wildman–Crippen LogP) is 2.89. The van der Waals surface area contributed by atoms with E-state index in [9.17, 15) is 18.4 Å². The number of nitrogens with zero attached hydrogens (tertiary/aromatic N) is 8. The molecule has 0 atom stereocenters. The Morgan fingerprint density at radius 1 is 0.756 bits per heavy atom. The molecule has 3 aliphatic heterocycles. The highest BCUT2D eigenvalue weighted by atomic mass is 19.3. The summed E-state index contributed by atoms with van der Waals surface area (Å²) in [6.45, 7) is 4.48. The molecule has 5 heterocycles. The molecule has 0 N–H and O–H groups in total. The Morgan fingerprint density at radius 3 is 1.91 bits per heavy atom. The number of imide groups is 1. The van der Waals surface area contributed by atoms with Gasteiger partial charge in [-0.1, -0.05) is 18.2 Å². The maximum absolute atomic E-state index is 14.5. The number of hydrogen-bond donors (Lipinski definition) is 0. The van der Waals surface area contributed by atoms with Gasteiger partial charge in [-0.2, -0.15) is 15.0 Å². The minimum absolute atomic E-state index is 0.0218. The number of aromatic nitrogens is 5. The van der Waals surface area contributed by atoms with Crippen LogP contribution in [-0.2, 0) is 9.47 Å². The summed E-state index contributed by atoms with van der Waals surface area (Å²) in [4.78, 5) is 48.7. The number of halogens is 2. The largest absolute Gasteiger partial charge is 0.491 e. The van der Waals surface area contributed by atoms with Gasteiger partial charge in [-0.15, -0.1) is 0 Å². The molecule has 3 aliphatic rings. The number of alkyl halides is 2. The van der Waals surface area contributed by atoms with Gasteiger partial charge in [-0.05, 0) is 30.7 Å². The van der Waals surface area contributed by atoms with E-state index < -0.39 is 12.2 Å². The molecule has 0 bridgehead atoms. The second-order valence-corrected chi connectivity index (χ2v) is 10.7. The van der Waals surface area contributed by atoms with E-state index in [4.69, 9.17) is 14.2 Å². The Balaban J connectivity index is 1.17. The van der Waals surface area contributed by atoms with Crippen molar-refractivity contribution < 1.29 is 32.6 Å². The van der Waals surface area contributed by atoms with Gasteiger partial charge >= 0.3 is 0 Å². The molecule has 0 spiro atoms. The van der Waals surface area contributed by atoms with Crippen LogP contribution in [-0.4, -0.2) is 107 Å². The highest BCUT2D eigenvalue weighted by Crippen LogP contribution is 2.33. The van der Waals surface area contributed by atoms with E-state index in [2.05, 4.69) is 19.9 Å². The van der Waals surface area contributed by atoms with E-state index in [0.717, 1.165) is 0 Å². The number of amides is 2. The molecular formula is C30H30F2N8O5. The Bertz CT molecular complexity index is 1670. The van der Waals surface area contributed by atoms with Crippen LogP contribution >= 0.6 is 0 Å². The molecule has 15 heteroatoms. The van der Waals surface area contributed by atoms with Crippen LogP contribution in [0.25, 0.3) is 17.0 Å². The van der Waals surface area contributed by atoms with Crippen LogP contribution < -0.4 is 14.5 Å². The van der Waals surface area contributed by atoms with Gasteiger partial charge in [0.2, 0.25) is 17.8 Å². The molecular weight excluding hydrogens is 590 g/mol. The Kier molecular flexibility index (Phi) is 7.94. The standard InChI is InChI=1S/C30H30F2N8O5/c31-24(32)25-33-23-21(7-3-8-22(23)45-14-4-9-39-26(41)19-5-1-2-6-20(19)27(39)42)40(25)30-35-28(37-10-15-43-16-11-37)34-29(36-30)38-12-17-44-18-13-38/h1-3,5-8,24H,4,9-18H2. The lowest BCUT2D eigenvalue weighted by Gasteiger charge is -2.30. The molecule has 0 unspecified atom stereocenters. The van der Waals surface area contributed by atoms with Gasteiger partial charge in [-0.25, -0.2) is 13.8 Å². The van der Waals surface area contributed by atoms with Gasteiger partial charge in [0.1, 0.15) is 11.3 Å². The lowest BCUT2D eigenvalue weighted by Crippen LogP contribution is -2.40. The van der Waals surface area contributed by atoms with Crippen LogP contribution in [0.1, 0.15) is 39.4 Å². The Morgan fingerprint density at radius 2 is 1.33 bits per heavy atom. The van der Waals surface area contributed by atoms with Crippen LogP contribution in [0.4, 0.5) is 20.7 Å². The summed E-state index contributed by atoms with van der Waals surface area (Å²) in [5, 5.41) is 0. The highest BCUT2D eigenvalue weighted by molar-refractivity contribution is 6.21.